The van der Waals surface area contributed by atoms with E-state index >= 15 is 0 Å². The van der Waals surface area contributed by atoms with Gasteiger partial charge in [-0.1, -0.05) is 11.6 Å². The third-order valence-electron chi connectivity index (χ3n) is 1.07. The van der Waals surface area contributed by atoms with E-state index in [-0.39, 0.29) is 0 Å². The van der Waals surface area contributed by atoms with Crippen molar-refractivity contribution in [3.8, 4) is 0 Å². The molecule has 0 unspecified atom stereocenters. The number of thiol groups is 1. The Kier molecular flexibility index (Phi) is 3.01. The van der Waals surface area contributed by atoms with Crippen LogP contribution < -0.4 is 0 Å². The predicted octanol–water partition coefficient (Wildman–Crippen LogP) is 2.93. The van der Waals surface area contributed by atoms with Gasteiger partial charge in [-0.3, -0.25) is 0 Å². The van der Waals surface area contributed by atoms with Gasteiger partial charge in [-0.05, 0) is 27.6 Å². The zero-order chi connectivity index (χ0) is 7.56. The SMILES string of the molecule is SCc1cc(Cl)ncc1Br. The smallest absolute Gasteiger partial charge is 0.129 e. The van der Waals surface area contributed by atoms with Crippen molar-refractivity contribution in [2.24, 2.45) is 0 Å². The molecule has 0 saturated carbocycles. The van der Waals surface area contributed by atoms with Gasteiger partial charge in [0.05, 0.1) is 0 Å². The van der Waals surface area contributed by atoms with Gasteiger partial charge in [0, 0.05) is 16.4 Å². The van der Waals surface area contributed by atoms with E-state index in [1.807, 2.05) is 0 Å². The quantitative estimate of drug-likeness (QED) is 0.586. The maximum absolute atomic E-state index is 5.63. The molecular weight excluding hydrogens is 233 g/mol. The molecule has 0 aromatic carbocycles. The molecule has 0 atom stereocenters. The summed E-state index contributed by atoms with van der Waals surface area (Å²) in [6.45, 7) is 0. The third kappa shape index (κ3) is 1.87. The first-order chi connectivity index (χ1) is 4.74. The lowest BCUT2D eigenvalue weighted by Crippen LogP contribution is -1.82. The summed E-state index contributed by atoms with van der Waals surface area (Å²) >= 11 is 13.1. The van der Waals surface area contributed by atoms with Gasteiger partial charge >= 0.3 is 0 Å². The molecule has 4 heteroatoms. The fraction of sp³-hybridized carbons (Fsp3) is 0.167. The Morgan fingerprint density at radius 3 is 2.90 bits per heavy atom. The summed E-state index contributed by atoms with van der Waals surface area (Å²) in [5.74, 6) is 0.669. The van der Waals surface area contributed by atoms with Crippen LogP contribution in [0.4, 0.5) is 0 Å². The normalized spacial score (nSPS) is 9.90. The van der Waals surface area contributed by atoms with Crippen molar-refractivity contribution in [3.05, 3.63) is 27.5 Å². The van der Waals surface area contributed by atoms with Crippen molar-refractivity contribution in [2.45, 2.75) is 5.75 Å². The average Bonchev–Trinajstić information content (AvgIpc) is 1.94. The van der Waals surface area contributed by atoms with E-state index in [2.05, 4.69) is 33.5 Å². The van der Waals surface area contributed by atoms with Gasteiger partial charge in [-0.25, -0.2) is 4.98 Å². The Bertz CT molecular complexity index is 241. The maximum Gasteiger partial charge on any atom is 0.129 e. The second kappa shape index (κ2) is 3.60. The summed E-state index contributed by atoms with van der Waals surface area (Å²) < 4.78 is 0.951. The lowest BCUT2D eigenvalue weighted by atomic mass is 10.3. The van der Waals surface area contributed by atoms with Crippen molar-refractivity contribution < 1.29 is 0 Å². The minimum atomic E-state index is 0.507. The van der Waals surface area contributed by atoms with Crippen molar-refractivity contribution >= 4 is 40.2 Å². The molecule has 0 aliphatic rings. The predicted molar refractivity (Wildman–Crippen MR) is 49.6 cm³/mol. The van der Waals surface area contributed by atoms with Crippen molar-refractivity contribution in [1.29, 1.82) is 0 Å². The summed E-state index contributed by atoms with van der Waals surface area (Å²) in [6.07, 6.45) is 1.67. The fourth-order valence-corrected chi connectivity index (χ4v) is 1.59. The monoisotopic (exact) mass is 237 g/mol. The van der Waals surface area contributed by atoms with Gasteiger partial charge in [0.1, 0.15) is 5.15 Å². The summed E-state index contributed by atoms with van der Waals surface area (Å²) in [5, 5.41) is 0.507. The third-order valence-corrected chi connectivity index (χ3v) is 2.33. The molecule has 0 fully saturated rings. The Labute approximate surface area is 78.3 Å². The second-order valence-electron chi connectivity index (χ2n) is 1.76. The first-order valence-corrected chi connectivity index (χ1v) is 4.45. The van der Waals surface area contributed by atoms with Crippen molar-refractivity contribution in [1.82, 2.24) is 4.98 Å². The van der Waals surface area contributed by atoms with Crippen LogP contribution in [0.5, 0.6) is 0 Å². The standard InChI is InChI=1S/C6H5BrClNS/c7-5-2-9-6(8)1-4(5)3-10/h1-2,10H,3H2. The van der Waals surface area contributed by atoms with Crippen molar-refractivity contribution in [3.63, 3.8) is 0 Å². The summed E-state index contributed by atoms with van der Waals surface area (Å²) in [7, 11) is 0. The van der Waals surface area contributed by atoms with E-state index in [1.54, 1.807) is 12.3 Å². The van der Waals surface area contributed by atoms with E-state index in [4.69, 9.17) is 11.6 Å². The van der Waals surface area contributed by atoms with Crippen LogP contribution in [0.3, 0.4) is 0 Å². The Hall–Kier alpha value is 0.270. The molecule has 0 aliphatic carbocycles. The van der Waals surface area contributed by atoms with Gasteiger partial charge in [0.2, 0.25) is 0 Å². The van der Waals surface area contributed by atoms with Crippen LogP contribution in [0.2, 0.25) is 5.15 Å². The summed E-state index contributed by atoms with van der Waals surface area (Å²) in [4.78, 5) is 3.87. The van der Waals surface area contributed by atoms with Crippen LogP contribution in [0.25, 0.3) is 0 Å². The molecule has 0 N–H and O–H groups in total. The molecule has 0 radical (unpaired) electrons. The number of halogens is 2. The van der Waals surface area contributed by atoms with Crippen LogP contribution in [0.1, 0.15) is 5.56 Å². The zero-order valence-electron chi connectivity index (χ0n) is 5.01. The first-order valence-electron chi connectivity index (χ1n) is 2.65. The molecule has 0 saturated heterocycles. The molecule has 1 aromatic heterocycles. The van der Waals surface area contributed by atoms with E-state index in [0.29, 0.717) is 10.9 Å². The topological polar surface area (TPSA) is 12.9 Å². The number of nitrogens with zero attached hydrogens (tertiary/aromatic N) is 1. The Morgan fingerprint density at radius 2 is 2.40 bits per heavy atom. The van der Waals surface area contributed by atoms with Gasteiger partial charge in [0.15, 0.2) is 0 Å². The molecule has 1 rings (SSSR count). The van der Waals surface area contributed by atoms with Crippen LogP contribution in [0.15, 0.2) is 16.7 Å². The van der Waals surface area contributed by atoms with Gasteiger partial charge in [-0.15, -0.1) is 0 Å². The van der Waals surface area contributed by atoms with E-state index in [1.165, 1.54) is 0 Å². The van der Waals surface area contributed by atoms with Crippen LogP contribution >= 0.6 is 40.2 Å². The molecule has 0 spiro atoms. The molecule has 10 heavy (non-hydrogen) atoms. The van der Waals surface area contributed by atoms with E-state index in [9.17, 15) is 0 Å². The van der Waals surface area contributed by atoms with E-state index < -0.39 is 0 Å². The lowest BCUT2D eigenvalue weighted by Gasteiger charge is -1.98. The van der Waals surface area contributed by atoms with Crippen LogP contribution in [-0.2, 0) is 5.75 Å². The summed E-state index contributed by atoms with van der Waals surface area (Å²) in [6, 6.07) is 1.79. The van der Waals surface area contributed by atoms with E-state index in [0.717, 1.165) is 10.0 Å². The van der Waals surface area contributed by atoms with Gasteiger partial charge < -0.3 is 0 Å². The molecule has 54 valence electrons. The number of hydrogen-bond donors (Lipinski definition) is 1. The highest BCUT2D eigenvalue weighted by atomic mass is 79.9. The van der Waals surface area contributed by atoms with Gasteiger partial charge in [0.25, 0.3) is 0 Å². The average molecular weight is 239 g/mol. The number of rotatable bonds is 1. The van der Waals surface area contributed by atoms with Crippen molar-refractivity contribution in [2.75, 3.05) is 0 Å². The lowest BCUT2D eigenvalue weighted by molar-refractivity contribution is 1.25. The summed E-state index contributed by atoms with van der Waals surface area (Å²) in [5.41, 5.74) is 1.06. The highest BCUT2D eigenvalue weighted by Gasteiger charge is 1.97. The zero-order valence-corrected chi connectivity index (χ0v) is 8.25. The largest absolute Gasteiger partial charge is 0.243 e. The maximum atomic E-state index is 5.63. The number of pyridine rings is 1. The Balaban J connectivity index is 3.09. The number of hydrogen-bond acceptors (Lipinski definition) is 2. The minimum Gasteiger partial charge on any atom is -0.243 e. The second-order valence-corrected chi connectivity index (χ2v) is 3.31. The molecule has 1 aromatic rings. The molecule has 1 heterocycles. The minimum absolute atomic E-state index is 0.507. The first kappa shape index (κ1) is 8.37. The molecule has 0 bridgehead atoms. The fourth-order valence-electron chi connectivity index (χ4n) is 0.572. The number of aromatic nitrogens is 1. The highest BCUT2D eigenvalue weighted by molar-refractivity contribution is 9.10. The van der Waals surface area contributed by atoms with Crippen LogP contribution in [0, 0.1) is 0 Å². The van der Waals surface area contributed by atoms with Crippen LogP contribution in [-0.4, -0.2) is 4.98 Å². The van der Waals surface area contributed by atoms with Gasteiger partial charge in [-0.2, -0.15) is 12.6 Å². The molecular formula is C6H5BrClNS. The Morgan fingerprint density at radius 1 is 1.70 bits per heavy atom. The highest BCUT2D eigenvalue weighted by Crippen LogP contribution is 2.19. The molecule has 0 aliphatic heterocycles. The molecule has 0 amide bonds. The molecule has 1 nitrogen and oxygen atoms in total.